The summed E-state index contributed by atoms with van der Waals surface area (Å²) >= 11 is 2.06. The molecule has 120 valence electrons. The average Bonchev–Trinajstić information content (AvgIpc) is 2.54. The number of benzene rings is 1. The molecular formula is C18H32N2S. The van der Waals surface area contributed by atoms with E-state index in [1.165, 1.54) is 23.4 Å². The molecule has 0 aliphatic carbocycles. The van der Waals surface area contributed by atoms with Crippen LogP contribution in [0.2, 0.25) is 0 Å². The highest BCUT2D eigenvalue weighted by molar-refractivity contribution is 7.99. The summed E-state index contributed by atoms with van der Waals surface area (Å²) < 4.78 is 0. The van der Waals surface area contributed by atoms with Crippen LogP contribution in [0, 0.1) is 0 Å². The Morgan fingerprint density at radius 3 is 2.24 bits per heavy atom. The van der Waals surface area contributed by atoms with E-state index in [-0.39, 0.29) is 0 Å². The molecule has 1 aromatic rings. The van der Waals surface area contributed by atoms with E-state index >= 15 is 0 Å². The van der Waals surface area contributed by atoms with E-state index < -0.39 is 0 Å². The molecule has 0 radical (unpaired) electrons. The third kappa shape index (κ3) is 6.86. The van der Waals surface area contributed by atoms with Crippen LogP contribution in [-0.2, 0) is 6.42 Å². The lowest BCUT2D eigenvalue weighted by atomic mass is 10.1. The maximum absolute atomic E-state index is 3.62. The van der Waals surface area contributed by atoms with Gasteiger partial charge in [0.2, 0.25) is 0 Å². The van der Waals surface area contributed by atoms with E-state index in [1.807, 2.05) is 0 Å². The average molecular weight is 309 g/mol. The largest absolute Gasteiger partial charge is 0.310 e. The Bertz CT molecular complexity index is 360. The second-order valence-corrected chi connectivity index (χ2v) is 6.46. The maximum atomic E-state index is 3.62. The molecule has 3 heteroatoms. The van der Waals surface area contributed by atoms with Gasteiger partial charge in [0.05, 0.1) is 0 Å². The van der Waals surface area contributed by atoms with Crippen LogP contribution >= 0.6 is 11.8 Å². The molecule has 0 aliphatic heterocycles. The lowest BCUT2D eigenvalue weighted by Gasteiger charge is -2.20. The zero-order chi connectivity index (χ0) is 15.5. The third-order valence-corrected chi connectivity index (χ3v) is 5.01. The number of nitrogens with one attached hydrogen (secondary N) is 1. The minimum Gasteiger partial charge on any atom is -0.310 e. The van der Waals surface area contributed by atoms with Crippen molar-refractivity contribution < 1.29 is 0 Å². The van der Waals surface area contributed by atoms with E-state index in [9.17, 15) is 0 Å². The Morgan fingerprint density at radius 1 is 1.05 bits per heavy atom. The number of nitrogens with zero attached hydrogens (tertiary/aromatic N) is 1. The molecular weight excluding hydrogens is 276 g/mol. The van der Waals surface area contributed by atoms with Crippen LogP contribution in [0.1, 0.15) is 44.9 Å². The summed E-state index contributed by atoms with van der Waals surface area (Å²) in [5.74, 6) is 2.37. The quantitative estimate of drug-likeness (QED) is 0.623. The van der Waals surface area contributed by atoms with Crippen LogP contribution in [0.25, 0.3) is 0 Å². The van der Waals surface area contributed by atoms with E-state index in [2.05, 4.69) is 73.9 Å². The van der Waals surface area contributed by atoms with Crippen molar-refractivity contribution in [1.82, 2.24) is 10.2 Å². The van der Waals surface area contributed by atoms with Crippen LogP contribution in [-0.4, -0.2) is 42.6 Å². The highest BCUT2D eigenvalue weighted by Gasteiger charge is 2.10. The third-order valence-electron chi connectivity index (χ3n) is 3.97. The molecule has 0 aromatic heterocycles. The zero-order valence-corrected chi connectivity index (χ0v) is 15.0. The van der Waals surface area contributed by atoms with Gasteiger partial charge in [-0.2, -0.15) is 11.8 Å². The van der Waals surface area contributed by atoms with Crippen molar-refractivity contribution in [2.24, 2.45) is 0 Å². The minimum atomic E-state index is 0.475. The lowest BCUT2D eigenvalue weighted by molar-refractivity contribution is 0.324. The first kappa shape index (κ1) is 18.5. The number of aryl methyl sites for hydroxylation is 1. The minimum absolute atomic E-state index is 0.475. The summed E-state index contributed by atoms with van der Waals surface area (Å²) in [6.45, 7) is 13.4. The van der Waals surface area contributed by atoms with Gasteiger partial charge < -0.3 is 10.2 Å². The summed E-state index contributed by atoms with van der Waals surface area (Å²) in [4.78, 5) is 2.49. The smallest absolute Gasteiger partial charge is 0.0411 e. The van der Waals surface area contributed by atoms with E-state index in [4.69, 9.17) is 0 Å². The molecule has 0 saturated heterocycles. The molecule has 1 aromatic carbocycles. The molecule has 0 saturated carbocycles. The van der Waals surface area contributed by atoms with Gasteiger partial charge >= 0.3 is 0 Å². The molecule has 0 bridgehead atoms. The van der Waals surface area contributed by atoms with Crippen molar-refractivity contribution in [2.75, 3.05) is 37.7 Å². The standard InChI is InChI=1S/C18H32N2S/c1-5-16-9-11-17(12-10-16)18(19-6-2)15-21-14-13-20(7-3)8-4/h9-12,18-19H,5-8,13-15H2,1-4H3. The van der Waals surface area contributed by atoms with E-state index in [0.29, 0.717) is 6.04 Å². The normalized spacial score (nSPS) is 12.8. The van der Waals surface area contributed by atoms with Crippen molar-refractivity contribution in [3.8, 4) is 0 Å². The fourth-order valence-electron chi connectivity index (χ4n) is 2.44. The Labute approximate surface area is 135 Å². The SMILES string of the molecule is CCNC(CSCCN(CC)CC)c1ccc(CC)cc1. The highest BCUT2D eigenvalue weighted by Crippen LogP contribution is 2.19. The molecule has 0 amide bonds. The summed E-state index contributed by atoms with van der Waals surface area (Å²) in [5.41, 5.74) is 2.84. The van der Waals surface area contributed by atoms with Gasteiger partial charge in [-0.15, -0.1) is 0 Å². The second kappa shape index (κ2) is 11.1. The molecule has 1 unspecified atom stereocenters. The second-order valence-electron chi connectivity index (χ2n) is 5.31. The van der Waals surface area contributed by atoms with Crippen molar-refractivity contribution in [2.45, 2.75) is 40.2 Å². The monoisotopic (exact) mass is 308 g/mol. The summed E-state index contributed by atoms with van der Waals surface area (Å²) in [7, 11) is 0. The molecule has 21 heavy (non-hydrogen) atoms. The fraction of sp³-hybridized carbons (Fsp3) is 0.667. The van der Waals surface area contributed by atoms with Crippen LogP contribution in [0.15, 0.2) is 24.3 Å². The summed E-state index contributed by atoms with van der Waals surface area (Å²) in [6.07, 6.45) is 1.12. The van der Waals surface area contributed by atoms with Gasteiger partial charge in [-0.3, -0.25) is 0 Å². The molecule has 1 N–H and O–H groups in total. The summed E-state index contributed by atoms with van der Waals surface area (Å²) in [5, 5.41) is 3.62. The van der Waals surface area contributed by atoms with Crippen LogP contribution in [0.5, 0.6) is 0 Å². The molecule has 0 fully saturated rings. The van der Waals surface area contributed by atoms with Gasteiger partial charge in [-0.1, -0.05) is 52.0 Å². The van der Waals surface area contributed by atoms with Crippen LogP contribution in [0.3, 0.4) is 0 Å². The first-order chi connectivity index (χ1) is 10.2. The first-order valence-corrected chi connectivity index (χ1v) is 9.52. The van der Waals surface area contributed by atoms with Crippen molar-refractivity contribution in [3.63, 3.8) is 0 Å². The van der Waals surface area contributed by atoms with Crippen molar-refractivity contribution in [1.29, 1.82) is 0 Å². The zero-order valence-electron chi connectivity index (χ0n) is 14.2. The Kier molecular flexibility index (Phi) is 9.81. The number of hydrogen-bond donors (Lipinski definition) is 1. The molecule has 2 nitrogen and oxygen atoms in total. The number of hydrogen-bond acceptors (Lipinski definition) is 3. The lowest BCUT2D eigenvalue weighted by Crippen LogP contribution is -2.27. The van der Waals surface area contributed by atoms with Crippen LogP contribution in [0.4, 0.5) is 0 Å². The van der Waals surface area contributed by atoms with Gasteiger partial charge in [0, 0.05) is 24.1 Å². The Morgan fingerprint density at radius 2 is 1.71 bits per heavy atom. The topological polar surface area (TPSA) is 15.3 Å². The predicted octanol–water partition coefficient (Wildman–Crippen LogP) is 3.97. The van der Waals surface area contributed by atoms with Crippen molar-refractivity contribution >= 4 is 11.8 Å². The fourth-order valence-corrected chi connectivity index (χ4v) is 3.54. The molecule has 0 heterocycles. The van der Waals surface area contributed by atoms with E-state index in [1.54, 1.807) is 0 Å². The molecule has 1 rings (SSSR count). The van der Waals surface area contributed by atoms with Gasteiger partial charge in [0.25, 0.3) is 0 Å². The Hall–Kier alpha value is -0.510. The first-order valence-electron chi connectivity index (χ1n) is 8.37. The molecule has 0 spiro atoms. The Balaban J connectivity index is 2.45. The van der Waals surface area contributed by atoms with Crippen LogP contribution < -0.4 is 5.32 Å². The highest BCUT2D eigenvalue weighted by atomic mass is 32.2. The van der Waals surface area contributed by atoms with E-state index in [0.717, 1.165) is 31.8 Å². The van der Waals surface area contributed by atoms with Gasteiger partial charge in [0.15, 0.2) is 0 Å². The molecule has 1 atom stereocenters. The number of thioether (sulfide) groups is 1. The number of rotatable bonds is 11. The van der Waals surface area contributed by atoms with Crippen molar-refractivity contribution in [3.05, 3.63) is 35.4 Å². The van der Waals surface area contributed by atoms with Gasteiger partial charge in [0.1, 0.15) is 0 Å². The van der Waals surface area contributed by atoms with Gasteiger partial charge in [-0.25, -0.2) is 0 Å². The maximum Gasteiger partial charge on any atom is 0.0411 e. The molecule has 0 aliphatic rings. The summed E-state index contributed by atoms with van der Waals surface area (Å²) in [6, 6.07) is 9.58. The van der Waals surface area contributed by atoms with Gasteiger partial charge in [-0.05, 0) is 37.2 Å². The predicted molar refractivity (Wildman–Crippen MR) is 97.4 cm³/mol.